The average Bonchev–Trinajstić information content (AvgIpc) is 3.31. The van der Waals surface area contributed by atoms with Gasteiger partial charge in [-0.2, -0.15) is 0 Å². The van der Waals surface area contributed by atoms with Crippen LogP contribution in [0.5, 0.6) is 0 Å². The fraction of sp³-hybridized carbons (Fsp3) is 0.455. The zero-order valence-electron chi connectivity index (χ0n) is 24.1. The van der Waals surface area contributed by atoms with E-state index < -0.39 is 6.09 Å². The Bertz CT molecular complexity index is 1340. The highest BCUT2D eigenvalue weighted by Gasteiger charge is 2.30. The number of hydrogen-bond donors (Lipinski definition) is 1. The number of carbonyl (C=O) groups excluding carboxylic acids is 1. The Hall–Kier alpha value is -3.58. The van der Waals surface area contributed by atoms with E-state index in [1.54, 1.807) is 18.9 Å². The van der Waals surface area contributed by atoms with E-state index in [-0.39, 0.29) is 6.61 Å². The molecule has 0 bridgehead atoms. The number of allylic oxidation sites excluding steroid dienone is 2. The maximum Gasteiger partial charge on any atom is 0.407 e. The molecule has 7 heteroatoms. The summed E-state index contributed by atoms with van der Waals surface area (Å²) in [5, 5.41) is 8.23. The first-order chi connectivity index (χ1) is 19.5. The molecule has 1 saturated heterocycles. The maximum atomic E-state index is 12.7. The SMILES string of the molecule is CO/N=C\c1c(CNC(=O)OCc2ccccc2)n(C2CCN(C3CCC(=C(C)C)CC3)CC2)c2ccccc12. The lowest BCUT2D eigenvalue weighted by Gasteiger charge is -2.40. The summed E-state index contributed by atoms with van der Waals surface area (Å²) in [5.41, 5.74) is 7.30. The summed E-state index contributed by atoms with van der Waals surface area (Å²) in [5.74, 6) is 0. The minimum absolute atomic E-state index is 0.238. The summed E-state index contributed by atoms with van der Waals surface area (Å²) < 4.78 is 7.94. The number of rotatable bonds is 8. The van der Waals surface area contributed by atoms with Gasteiger partial charge >= 0.3 is 6.09 Å². The number of hydrogen-bond acceptors (Lipinski definition) is 5. The van der Waals surface area contributed by atoms with Crippen molar-refractivity contribution >= 4 is 23.2 Å². The highest BCUT2D eigenvalue weighted by atomic mass is 16.6. The molecule has 1 amide bonds. The van der Waals surface area contributed by atoms with Crippen molar-refractivity contribution in [2.45, 2.75) is 77.6 Å². The molecule has 2 fully saturated rings. The second kappa shape index (κ2) is 13.2. The van der Waals surface area contributed by atoms with Crippen LogP contribution in [-0.2, 0) is 22.7 Å². The van der Waals surface area contributed by atoms with Crippen LogP contribution in [0.1, 0.15) is 75.2 Å². The van der Waals surface area contributed by atoms with Crippen LogP contribution in [0.4, 0.5) is 4.79 Å². The number of alkyl carbamates (subject to hydrolysis) is 1. The van der Waals surface area contributed by atoms with E-state index in [1.807, 2.05) is 30.3 Å². The van der Waals surface area contributed by atoms with E-state index in [1.165, 1.54) is 36.8 Å². The van der Waals surface area contributed by atoms with Gasteiger partial charge in [-0.25, -0.2) is 4.79 Å². The second-order valence-corrected chi connectivity index (χ2v) is 11.2. The number of fused-ring (bicyclic) bond motifs is 1. The molecule has 2 aromatic carbocycles. The van der Waals surface area contributed by atoms with Gasteiger partial charge in [0.05, 0.1) is 12.8 Å². The molecule has 1 saturated carbocycles. The molecule has 1 aliphatic heterocycles. The summed E-state index contributed by atoms with van der Waals surface area (Å²) in [7, 11) is 1.55. The third-order valence-corrected chi connectivity index (χ3v) is 8.60. The van der Waals surface area contributed by atoms with Gasteiger partial charge in [0.25, 0.3) is 0 Å². The topological polar surface area (TPSA) is 68.1 Å². The fourth-order valence-electron chi connectivity index (χ4n) is 6.44. The molecule has 2 heterocycles. The number of piperidine rings is 1. The van der Waals surface area contributed by atoms with Crippen LogP contribution in [-0.4, -0.2) is 48.0 Å². The van der Waals surface area contributed by atoms with Gasteiger partial charge in [0.15, 0.2) is 0 Å². The van der Waals surface area contributed by atoms with Gasteiger partial charge in [0.2, 0.25) is 0 Å². The van der Waals surface area contributed by atoms with Crippen molar-refractivity contribution in [3.63, 3.8) is 0 Å². The van der Waals surface area contributed by atoms with Crippen molar-refractivity contribution in [3.8, 4) is 0 Å². The van der Waals surface area contributed by atoms with E-state index in [0.29, 0.717) is 18.6 Å². The Morgan fingerprint density at radius 1 is 0.975 bits per heavy atom. The Kier molecular flexibility index (Phi) is 9.22. The Labute approximate surface area is 237 Å². The number of nitrogens with one attached hydrogen (secondary N) is 1. The Balaban J connectivity index is 1.33. The molecule has 1 N–H and O–H groups in total. The standard InChI is InChI=1S/C33H42N4O3/c1-24(2)26-13-15-27(16-14-26)36-19-17-28(18-20-36)37-31-12-8-7-11-29(31)30(21-35-39-3)32(37)22-34-33(38)40-23-25-9-5-4-6-10-25/h4-12,21,27-28H,13-20,22-23H2,1-3H3,(H,34,38)/b35-21-. The van der Waals surface area contributed by atoms with Gasteiger partial charge in [0.1, 0.15) is 13.7 Å². The summed E-state index contributed by atoms with van der Waals surface area (Å²) in [4.78, 5) is 20.5. The van der Waals surface area contributed by atoms with Crippen LogP contribution in [0, 0.1) is 0 Å². The lowest BCUT2D eigenvalue weighted by Crippen LogP contribution is -2.43. The van der Waals surface area contributed by atoms with E-state index in [4.69, 9.17) is 9.57 Å². The van der Waals surface area contributed by atoms with Crippen molar-refractivity contribution in [1.82, 2.24) is 14.8 Å². The molecule has 2 aliphatic rings. The van der Waals surface area contributed by atoms with Gasteiger partial charge < -0.3 is 24.4 Å². The van der Waals surface area contributed by atoms with Gasteiger partial charge in [-0.1, -0.05) is 64.8 Å². The highest BCUT2D eigenvalue weighted by molar-refractivity contribution is 6.01. The minimum atomic E-state index is -0.432. The molecule has 1 aliphatic carbocycles. The zero-order chi connectivity index (χ0) is 27.9. The van der Waals surface area contributed by atoms with Crippen LogP contribution in [0.2, 0.25) is 0 Å². The van der Waals surface area contributed by atoms with Crippen LogP contribution in [0.3, 0.4) is 0 Å². The van der Waals surface area contributed by atoms with E-state index >= 15 is 0 Å². The van der Waals surface area contributed by atoms with Crippen LogP contribution in [0.25, 0.3) is 10.9 Å². The molecule has 40 heavy (non-hydrogen) atoms. The molecule has 212 valence electrons. The van der Waals surface area contributed by atoms with E-state index in [2.05, 4.69) is 58.1 Å². The Morgan fingerprint density at radius 2 is 1.68 bits per heavy atom. The maximum absolute atomic E-state index is 12.7. The van der Waals surface area contributed by atoms with Gasteiger partial charge in [-0.05, 0) is 64.0 Å². The van der Waals surface area contributed by atoms with E-state index in [9.17, 15) is 4.79 Å². The van der Waals surface area contributed by atoms with Gasteiger partial charge in [0, 0.05) is 47.3 Å². The molecule has 0 radical (unpaired) electrons. The molecule has 1 aromatic heterocycles. The van der Waals surface area contributed by atoms with Crippen LogP contribution >= 0.6 is 0 Å². The summed E-state index contributed by atoms with van der Waals surface area (Å²) in [6, 6.07) is 19.2. The minimum Gasteiger partial charge on any atom is -0.445 e. The number of likely N-dealkylation sites (tertiary alicyclic amines) is 1. The number of benzene rings is 2. The van der Waals surface area contributed by atoms with Crippen molar-refractivity contribution in [2.24, 2.45) is 5.16 Å². The zero-order valence-corrected chi connectivity index (χ0v) is 24.1. The second-order valence-electron chi connectivity index (χ2n) is 11.2. The third kappa shape index (κ3) is 6.41. The third-order valence-electron chi connectivity index (χ3n) is 8.60. The molecule has 0 unspecified atom stereocenters. The molecule has 5 rings (SSSR count). The van der Waals surface area contributed by atoms with Gasteiger partial charge in [-0.15, -0.1) is 0 Å². The largest absolute Gasteiger partial charge is 0.445 e. The molecule has 7 nitrogen and oxygen atoms in total. The number of para-hydroxylation sites is 1. The summed E-state index contributed by atoms with van der Waals surface area (Å²) >= 11 is 0. The first-order valence-corrected chi connectivity index (χ1v) is 14.6. The quantitative estimate of drug-likeness (QED) is 0.190. The number of nitrogens with zero attached hydrogens (tertiary/aromatic N) is 3. The lowest BCUT2D eigenvalue weighted by atomic mass is 9.86. The first-order valence-electron chi connectivity index (χ1n) is 14.6. The molecule has 0 atom stereocenters. The smallest absolute Gasteiger partial charge is 0.407 e. The van der Waals surface area contributed by atoms with Crippen molar-refractivity contribution in [1.29, 1.82) is 0 Å². The monoisotopic (exact) mass is 542 g/mol. The van der Waals surface area contributed by atoms with Crippen molar-refractivity contribution in [3.05, 3.63) is 82.6 Å². The van der Waals surface area contributed by atoms with Crippen LogP contribution < -0.4 is 5.32 Å². The number of aromatic nitrogens is 1. The van der Waals surface area contributed by atoms with Crippen LogP contribution in [0.15, 0.2) is 70.9 Å². The fourth-order valence-corrected chi connectivity index (χ4v) is 6.44. The van der Waals surface area contributed by atoms with Crippen molar-refractivity contribution < 1.29 is 14.4 Å². The average molecular weight is 543 g/mol. The predicted octanol–water partition coefficient (Wildman–Crippen LogP) is 6.96. The predicted molar refractivity (Wildman–Crippen MR) is 160 cm³/mol. The van der Waals surface area contributed by atoms with Gasteiger partial charge in [-0.3, -0.25) is 0 Å². The number of amides is 1. The van der Waals surface area contributed by atoms with E-state index in [0.717, 1.165) is 48.1 Å². The normalized spacial score (nSPS) is 18.8. The number of carbonyl (C=O) groups is 1. The molecule has 3 aromatic rings. The molecular weight excluding hydrogens is 500 g/mol. The highest BCUT2D eigenvalue weighted by Crippen LogP contribution is 2.36. The first kappa shape index (κ1) is 28.0. The molecule has 0 spiro atoms. The number of ether oxygens (including phenoxy) is 1. The lowest BCUT2D eigenvalue weighted by molar-refractivity contribution is 0.116. The number of oxime groups is 1. The van der Waals surface area contributed by atoms with Crippen molar-refractivity contribution in [2.75, 3.05) is 20.2 Å². The molecular formula is C33H42N4O3. The summed E-state index contributed by atoms with van der Waals surface area (Å²) in [6.07, 6.45) is 8.53. The summed E-state index contributed by atoms with van der Waals surface area (Å²) in [6.45, 7) is 7.29. The Morgan fingerprint density at radius 3 is 2.38 bits per heavy atom.